The first-order valence-electron chi connectivity index (χ1n) is 4.16. The van der Waals surface area contributed by atoms with Gasteiger partial charge in [-0.05, 0) is 36.6 Å². The van der Waals surface area contributed by atoms with E-state index < -0.39 is 0 Å². The van der Waals surface area contributed by atoms with E-state index in [1.54, 1.807) is 6.07 Å². The minimum absolute atomic E-state index is 0. The van der Waals surface area contributed by atoms with Gasteiger partial charge in [0.2, 0.25) is 0 Å². The highest BCUT2D eigenvalue weighted by molar-refractivity contribution is 5.85. The first-order chi connectivity index (χ1) is 5.65. The highest BCUT2D eigenvalue weighted by Gasteiger charge is 2.06. The fourth-order valence-corrected chi connectivity index (χ4v) is 1.28. The first-order valence-corrected chi connectivity index (χ1v) is 4.16. The van der Waals surface area contributed by atoms with E-state index >= 15 is 0 Å². The quantitative estimate of drug-likeness (QED) is 0.786. The summed E-state index contributed by atoms with van der Waals surface area (Å²) in [5.74, 6) is -0.195. The Bertz CT molecular complexity index is 276. The predicted molar refractivity (Wildman–Crippen MR) is 55.6 cm³/mol. The van der Waals surface area contributed by atoms with Crippen molar-refractivity contribution in [1.82, 2.24) is 0 Å². The van der Waals surface area contributed by atoms with E-state index in [1.165, 1.54) is 12.1 Å². The summed E-state index contributed by atoms with van der Waals surface area (Å²) in [5.41, 5.74) is 7.80. The molecule has 0 aromatic heterocycles. The second-order valence-corrected chi connectivity index (χ2v) is 3.02. The van der Waals surface area contributed by atoms with Crippen LogP contribution in [0.25, 0.3) is 0 Å². The second-order valence-electron chi connectivity index (χ2n) is 3.02. The summed E-state index contributed by atoms with van der Waals surface area (Å²) in [5, 5.41) is 0. The van der Waals surface area contributed by atoms with Gasteiger partial charge in [0, 0.05) is 6.04 Å². The third-order valence-electron chi connectivity index (χ3n) is 2.07. The van der Waals surface area contributed by atoms with Crippen molar-refractivity contribution in [2.75, 3.05) is 0 Å². The standard InChI is InChI=1S/C10H14FN.ClH/c1-3-10(12)9-5-4-8(11)6-7(9)2;/h4-6,10H,3,12H2,1-2H3;1H/t10-;/m1./s1. The van der Waals surface area contributed by atoms with Gasteiger partial charge in [0.1, 0.15) is 5.82 Å². The van der Waals surface area contributed by atoms with E-state index in [9.17, 15) is 4.39 Å². The average molecular weight is 204 g/mol. The molecule has 0 spiro atoms. The summed E-state index contributed by atoms with van der Waals surface area (Å²) in [6, 6.07) is 4.77. The number of hydrogen-bond donors (Lipinski definition) is 1. The van der Waals surface area contributed by atoms with Crippen LogP contribution in [0.2, 0.25) is 0 Å². The number of nitrogens with two attached hydrogens (primary N) is 1. The van der Waals surface area contributed by atoms with E-state index in [1.807, 2.05) is 13.8 Å². The molecule has 74 valence electrons. The Balaban J connectivity index is 0.00000144. The maximum atomic E-state index is 12.7. The van der Waals surface area contributed by atoms with E-state index in [0.717, 1.165) is 17.5 Å². The van der Waals surface area contributed by atoms with Gasteiger partial charge >= 0.3 is 0 Å². The van der Waals surface area contributed by atoms with Crippen molar-refractivity contribution in [2.45, 2.75) is 26.3 Å². The molecule has 13 heavy (non-hydrogen) atoms. The van der Waals surface area contributed by atoms with E-state index in [0.29, 0.717) is 0 Å². The van der Waals surface area contributed by atoms with Gasteiger partial charge in [-0.3, -0.25) is 0 Å². The van der Waals surface area contributed by atoms with Crippen molar-refractivity contribution in [3.05, 3.63) is 35.1 Å². The second kappa shape index (κ2) is 5.20. The molecule has 0 fully saturated rings. The number of aryl methyl sites for hydroxylation is 1. The van der Waals surface area contributed by atoms with Crippen LogP contribution in [0.3, 0.4) is 0 Å². The SMILES string of the molecule is CC[C@@H](N)c1ccc(F)cc1C.Cl. The van der Waals surface area contributed by atoms with Crippen molar-refractivity contribution in [3.8, 4) is 0 Å². The third-order valence-corrected chi connectivity index (χ3v) is 2.07. The Morgan fingerprint density at radius 2 is 2.08 bits per heavy atom. The lowest BCUT2D eigenvalue weighted by Crippen LogP contribution is -2.10. The highest BCUT2D eigenvalue weighted by Crippen LogP contribution is 2.18. The van der Waals surface area contributed by atoms with E-state index in [2.05, 4.69) is 0 Å². The lowest BCUT2D eigenvalue weighted by Gasteiger charge is -2.11. The number of benzene rings is 1. The Kier molecular flexibility index (Phi) is 4.96. The van der Waals surface area contributed by atoms with Crippen LogP contribution in [0.5, 0.6) is 0 Å². The smallest absolute Gasteiger partial charge is 0.123 e. The molecule has 0 bridgehead atoms. The van der Waals surface area contributed by atoms with E-state index in [4.69, 9.17) is 5.73 Å². The summed E-state index contributed by atoms with van der Waals surface area (Å²) < 4.78 is 12.7. The summed E-state index contributed by atoms with van der Waals surface area (Å²) in [6.07, 6.45) is 0.881. The van der Waals surface area contributed by atoms with Crippen molar-refractivity contribution in [2.24, 2.45) is 5.73 Å². The van der Waals surface area contributed by atoms with Crippen molar-refractivity contribution < 1.29 is 4.39 Å². The zero-order valence-corrected chi connectivity index (χ0v) is 8.70. The topological polar surface area (TPSA) is 26.0 Å². The molecular weight excluding hydrogens is 189 g/mol. The molecule has 0 radical (unpaired) electrons. The van der Waals surface area contributed by atoms with Crippen LogP contribution < -0.4 is 5.73 Å². The van der Waals surface area contributed by atoms with Crippen LogP contribution in [0.15, 0.2) is 18.2 Å². The Labute approximate surface area is 84.5 Å². The van der Waals surface area contributed by atoms with Gasteiger partial charge in [-0.1, -0.05) is 13.0 Å². The molecule has 0 heterocycles. The largest absolute Gasteiger partial charge is 0.324 e. The van der Waals surface area contributed by atoms with Crippen LogP contribution in [0, 0.1) is 12.7 Å². The first kappa shape index (κ1) is 12.4. The van der Waals surface area contributed by atoms with Crippen molar-refractivity contribution in [1.29, 1.82) is 0 Å². The normalized spacial score (nSPS) is 12.0. The minimum atomic E-state index is -0.195. The molecule has 0 aliphatic rings. The van der Waals surface area contributed by atoms with Crippen molar-refractivity contribution in [3.63, 3.8) is 0 Å². The van der Waals surface area contributed by atoms with Crippen LogP contribution >= 0.6 is 12.4 Å². The van der Waals surface area contributed by atoms with Gasteiger partial charge in [0.25, 0.3) is 0 Å². The number of rotatable bonds is 2. The van der Waals surface area contributed by atoms with Crippen LogP contribution in [0.4, 0.5) is 4.39 Å². The summed E-state index contributed by atoms with van der Waals surface area (Å²) in [6.45, 7) is 3.90. The van der Waals surface area contributed by atoms with Crippen molar-refractivity contribution >= 4 is 12.4 Å². The van der Waals surface area contributed by atoms with E-state index in [-0.39, 0.29) is 24.3 Å². The van der Waals surface area contributed by atoms with Gasteiger partial charge in [-0.2, -0.15) is 0 Å². The third kappa shape index (κ3) is 2.98. The predicted octanol–water partition coefficient (Wildman–Crippen LogP) is 2.97. The minimum Gasteiger partial charge on any atom is -0.324 e. The lowest BCUT2D eigenvalue weighted by molar-refractivity contribution is 0.621. The summed E-state index contributed by atoms with van der Waals surface area (Å²) in [7, 11) is 0. The molecule has 1 atom stereocenters. The van der Waals surface area contributed by atoms with Gasteiger partial charge in [0.15, 0.2) is 0 Å². The fourth-order valence-electron chi connectivity index (χ4n) is 1.28. The molecular formula is C10H15ClFN. The molecule has 0 aliphatic heterocycles. The maximum Gasteiger partial charge on any atom is 0.123 e. The lowest BCUT2D eigenvalue weighted by atomic mass is 10.0. The zero-order chi connectivity index (χ0) is 9.14. The van der Waals surface area contributed by atoms with Crippen LogP contribution in [-0.4, -0.2) is 0 Å². The number of hydrogen-bond acceptors (Lipinski definition) is 1. The summed E-state index contributed by atoms with van der Waals surface area (Å²) in [4.78, 5) is 0. The summed E-state index contributed by atoms with van der Waals surface area (Å²) >= 11 is 0. The molecule has 1 aromatic carbocycles. The monoisotopic (exact) mass is 203 g/mol. The zero-order valence-electron chi connectivity index (χ0n) is 7.88. The van der Waals surface area contributed by atoms with Gasteiger partial charge in [-0.25, -0.2) is 4.39 Å². The fraction of sp³-hybridized carbons (Fsp3) is 0.400. The van der Waals surface area contributed by atoms with Gasteiger partial charge in [0.05, 0.1) is 0 Å². The molecule has 1 nitrogen and oxygen atoms in total. The van der Waals surface area contributed by atoms with Crippen LogP contribution in [-0.2, 0) is 0 Å². The average Bonchev–Trinajstić information content (AvgIpc) is 2.03. The Morgan fingerprint density at radius 1 is 1.46 bits per heavy atom. The molecule has 2 N–H and O–H groups in total. The van der Waals surface area contributed by atoms with Gasteiger partial charge < -0.3 is 5.73 Å². The molecule has 0 unspecified atom stereocenters. The maximum absolute atomic E-state index is 12.7. The number of halogens is 2. The van der Waals surface area contributed by atoms with Crippen LogP contribution in [0.1, 0.15) is 30.5 Å². The highest BCUT2D eigenvalue weighted by atomic mass is 35.5. The molecule has 1 aromatic rings. The molecule has 0 amide bonds. The Morgan fingerprint density at radius 3 is 2.54 bits per heavy atom. The molecule has 0 aliphatic carbocycles. The Hall–Kier alpha value is -0.600. The van der Waals surface area contributed by atoms with Gasteiger partial charge in [-0.15, -0.1) is 12.4 Å². The molecule has 0 saturated carbocycles. The molecule has 3 heteroatoms. The molecule has 1 rings (SSSR count). The molecule has 0 saturated heterocycles.